The fraction of sp³-hybridized carbons (Fsp3) is 1.00. The predicted octanol–water partition coefficient (Wildman–Crippen LogP) is 0.968. The highest BCUT2D eigenvalue weighted by molar-refractivity contribution is 8.04. The second-order valence-electron chi connectivity index (χ2n) is 4.09. The first-order valence-corrected chi connectivity index (χ1v) is 10.3. The zero-order valence-corrected chi connectivity index (χ0v) is 13.7. The molecule has 3 N–H and O–H groups in total. The zero-order chi connectivity index (χ0) is 12.7. The van der Waals surface area contributed by atoms with Crippen LogP contribution in [0.4, 0.5) is 0 Å². The van der Waals surface area contributed by atoms with Crippen LogP contribution in [-0.4, -0.2) is 73.8 Å². The Morgan fingerprint density at radius 1 is 0.389 bits per heavy atom. The molecule has 0 atom stereocenters. The molecule has 1 aliphatic rings. The maximum Gasteiger partial charge on any atom is 0.00772 e. The minimum absolute atomic E-state index is 1.08. The van der Waals surface area contributed by atoms with E-state index in [0.717, 1.165) is 39.3 Å². The van der Waals surface area contributed by atoms with Crippen LogP contribution in [0.3, 0.4) is 0 Å². The summed E-state index contributed by atoms with van der Waals surface area (Å²) < 4.78 is 0. The normalized spacial score (nSPS) is 24.0. The highest BCUT2D eigenvalue weighted by Crippen LogP contribution is 2.09. The molecule has 0 saturated carbocycles. The van der Waals surface area contributed by atoms with Crippen LogP contribution in [0.2, 0.25) is 0 Å². The molecule has 0 aliphatic carbocycles. The molecule has 6 heteroatoms. The SMILES string of the molecule is C1CNCCSCCSCCSCCNCCN1. The molecule has 1 fully saturated rings. The average molecular weight is 310 g/mol. The second kappa shape index (κ2) is 14.3. The Balaban J connectivity index is 2.00. The lowest BCUT2D eigenvalue weighted by atomic mass is 10.5. The predicted molar refractivity (Wildman–Crippen MR) is 90.6 cm³/mol. The third-order valence-corrected chi connectivity index (χ3v) is 6.02. The van der Waals surface area contributed by atoms with Gasteiger partial charge < -0.3 is 16.0 Å². The topological polar surface area (TPSA) is 36.1 Å². The Hall–Kier alpha value is 0.930. The standard InChI is InChI=1S/C12H27N3S3/c1-3-14-5-7-16-9-11-18-12-10-17-8-6-15-4-2-13-1/h13-15H,1-12H2. The molecule has 0 amide bonds. The van der Waals surface area contributed by atoms with E-state index in [2.05, 4.69) is 51.2 Å². The van der Waals surface area contributed by atoms with Crippen molar-refractivity contribution in [3.8, 4) is 0 Å². The van der Waals surface area contributed by atoms with Gasteiger partial charge in [-0.25, -0.2) is 0 Å². The Labute approximate surface area is 125 Å². The van der Waals surface area contributed by atoms with Crippen LogP contribution in [0, 0.1) is 0 Å². The van der Waals surface area contributed by atoms with Crippen molar-refractivity contribution in [2.45, 2.75) is 0 Å². The molecule has 0 aromatic carbocycles. The van der Waals surface area contributed by atoms with Crippen molar-refractivity contribution in [2.24, 2.45) is 0 Å². The largest absolute Gasteiger partial charge is 0.315 e. The van der Waals surface area contributed by atoms with Gasteiger partial charge in [0.25, 0.3) is 0 Å². The van der Waals surface area contributed by atoms with Gasteiger partial charge in [0, 0.05) is 73.8 Å². The van der Waals surface area contributed by atoms with Crippen molar-refractivity contribution < 1.29 is 0 Å². The molecule has 108 valence electrons. The maximum atomic E-state index is 3.48. The first-order chi connectivity index (χ1) is 9.00. The van der Waals surface area contributed by atoms with E-state index in [9.17, 15) is 0 Å². The van der Waals surface area contributed by atoms with E-state index < -0.39 is 0 Å². The fourth-order valence-corrected chi connectivity index (χ4v) is 4.63. The summed E-state index contributed by atoms with van der Waals surface area (Å²) in [4.78, 5) is 0. The lowest BCUT2D eigenvalue weighted by Crippen LogP contribution is -2.33. The van der Waals surface area contributed by atoms with Gasteiger partial charge in [0.05, 0.1) is 0 Å². The zero-order valence-electron chi connectivity index (χ0n) is 11.2. The monoisotopic (exact) mass is 309 g/mol. The fourth-order valence-electron chi connectivity index (χ4n) is 1.56. The summed E-state index contributed by atoms with van der Waals surface area (Å²) >= 11 is 6.26. The summed E-state index contributed by atoms with van der Waals surface area (Å²) in [5.74, 6) is 7.72. The number of hydrogen-bond donors (Lipinski definition) is 3. The van der Waals surface area contributed by atoms with Gasteiger partial charge in [-0.05, 0) is 0 Å². The second-order valence-corrected chi connectivity index (χ2v) is 7.76. The third kappa shape index (κ3) is 12.0. The molecular weight excluding hydrogens is 282 g/mol. The van der Waals surface area contributed by atoms with E-state index in [1.54, 1.807) is 0 Å². The molecule has 1 heterocycles. The minimum atomic E-state index is 1.08. The van der Waals surface area contributed by atoms with Crippen LogP contribution < -0.4 is 16.0 Å². The van der Waals surface area contributed by atoms with Crippen molar-refractivity contribution in [1.82, 2.24) is 16.0 Å². The van der Waals surface area contributed by atoms with Gasteiger partial charge in [0.15, 0.2) is 0 Å². The summed E-state index contributed by atoms with van der Waals surface area (Å²) in [5, 5.41) is 10.4. The van der Waals surface area contributed by atoms with E-state index in [4.69, 9.17) is 0 Å². The molecule has 0 unspecified atom stereocenters. The molecule has 18 heavy (non-hydrogen) atoms. The van der Waals surface area contributed by atoms with Gasteiger partial charge in [-0.1, -0.05) is 0 Å². The third-order valence-electron chi connectivity index (χ3n) is 2.55. The molecule has 0 bridgehead atoms. The summed E-state index contributed by atoms with van der Waals surface area (Å²) in [7, 11) is 0. The van der Waals surface area contributed by atoms with Crippen LogP contribution >= 0.6 is 35.3 Å². The van der Waals surface area contributed by atoms with Gasteiger partial charge in [0.1, 0.15) is 0 Å². The smallest absolute Gasteiger partial charge is 0.00772 e. The molecule has 0 aromatic heterocycles. The summed E-state index contributed by atoms with van der Waals surface area (Å²) in [6, 6.07) is 0. The molecule has 0 aromatic rings. The summed E-state index contributed by atoms with van der Waals surface area (Å²) in [5.41, 5.74) is 0. The van der Waals surface area contributed by atoms with Gasteiger partial charge >= 0.3 is 0 Å². The highest BCUT2D eigenvalue weighted by Gasteiger charge is 1.95. The lowest BCUT2D eigenvalue weighted by Gasteiger charge is -2.09. The first-order valence-electron chi connectivity index (χ1n) is 6.85. The number of nitrogens with one attached hydrogen (secondary N) is 3. The number of thioether (sulfide) groups is 3. The Bertz CT molecular complexity index is 97.6. The van der Waals surface area contributed by atoms with Crippen molar-refractivity contribution >= 4 is 35.3 Å². The Morgan fingerprint density at radius 3 is 1.17 bits per heavy atom. The van der Waals surface area contributed by atoms with Gasteiger partial charge in [0.2, 0.25) is 0 Å². The average Bonchev–Trinajstić information content (AvgIpc) is 2.39. The minimum Gasteiger partial charge on any atom is -0.315 e. The number of rotatable bonds is 0. The molecule has 3 nitrogen and oxygen atoms in total. The van der Waals surface area contributed by atoms with Crippen LogP contribution in [-0.2, 0) is 0 Å². The van der Waals surface area contributed by atoms with Gasteiger partial charge in [-0.15, -0.1) is 0 Å². The van der Waals surface area contributed by atoms with E-state index in [1.165, 1.54) is 34.5 Å². The van der Waals surface area contributed by atoms with Crippen molar-refractivity contribution in [3.05, 3.63) is 0 Å². The van der Waals surface area contributed by atoms with Gasteiger partial charge in [-0.2, -0.15) is 35.3 Å². The van der Waals surface area contributed by atoms with E-state index >= 15 is 0 Å². The van der Waals surface area contributed by atoms with Crippen LogP contribution in [0.25, 0.3) is 0 Å². The molecule has 1 saturated heterocycles. The van der Waals surface area contributed by atoms with Crippen molar-refractivity contribution in [2.75, 3.05) is 73.8 Å². The first kappa shape index (κ1) is 17.0. The van der Waals surface area contributed by atoms with Crippen molar-refractivity contribution in [1.29, 1.82) is 0 Å². The van der Waals surface area contributed by atoms with Gasteiger partial charge in [-0.3, -0.25) is 0 Å². The summed E-state index contributed by atoms with van der Waals surface area (Å²) in [6.45, 7) is 6.63. The molecule has 0 spiro atoms. The molecular formula is C12H27N3S3. The highest BCUT2D eigenvalue weighted by atomic mass is 32.2. The quantitative estimate of drug-likeness (QED) is 0.619. The van der Waals surface area contributed by atoms with Crippen LogP contribution in [0.15, 0.2) is 0 Å². The van der Waals surface area contributed by atoms with E-state index in [-0.39, 0.29) is 0 Å². The number of hydrogen-bond acceptors (Lipinski definition) is 6. The van der Waals surface area contributed by atoms with Crippen LogP contribution in [0.5, 0.6) is 0 Å². The van der Waals surface area contributed by atoms with Crippen LogP contribution in [0.1, 0.15) is 0 Å². The summed E-state index contributed by atoms with van der Waals surface area (Å²) in [6.07, 6.45) is 0. The Kier molecular flexibility index (Phi) is 13.5. The maximum absolute atomic E-state index is 3.48. The lowest BCUT2D eigenvalue weighted by molar-refractivity contribution is 0.598. The molecule has 1 aliphatic heterocycles. The molecule has 0 radical (unpaired) electrons. The van der Waals surface area contributed by atoms with E-state index in [0.29, 0.717) is 0 Å². The molecule has 1 rings (SSSR count). The van der Waals surface area contributed by atoms with Crippen molar-refractivity contribution in [3.63, 3.8) is 0 Å². The van der Waals surface area contributed by atoms with E-state index in [1.807, 2.05) is 0 Å². The Morgan fingerprint density at radius 2 is 0.722 bits per heavy atom.